The molecule has 1 aliphatic rings. The number of amides is 1. The summed E-state index contributed by atoms with van der Waals surface area (Å²) in [7, 11) is 0. The molecule has 2 aromatic carbocycles. The van der Waals surface area contributed by atoms with Crippen LogP contribution in [0, 0.1) is 13.8 Å². The molecular formula is C22H22N4O3. The van der Waals surface area contributed by atoms with Crippen molar-refractivity contribution < 1.29 is 14.3 Å². The molecule has 148 valence electrons. The summed E-state index contributed by atoms with van der Waals surface area (Å²) in [5.41, 5.74) is 3.56. The maximum Gasteiger partial charge on any atom is 0.270 e. The van der Waals surface area contributed by atoms with Gasteiger partial charge in [-0.2, -0.15) is 0 Å². The van der Waals surface area contributed by atoms with Crippen LogP contribution < -0.4 is 20.1 Å². The zero-order chi connectivity index (χ0) is 20.2. The first-order valence-corrected chi connectivity index (χ1v) is 9.39. The number of benzene rings is 2. The summed E-state index contributed by atoms with van der Waals surface area (Å²) in [6.45, 7) is 5.03. The fourth-order valence-electron chi connectivity index (χ4n) is 3.11. The van der Waals surface area contributed by atoms with E-state index in [4.69, 9.17) is 9.47 Å². The molecule has 0 aliphatic carbocycles. The highest BCUT2D eigenvalue weighted by atomic mass is 16.7. The standard InChI is InChI=1S/C22H22N4O3/c1-14-4-3-5-16(8-14)12-24-22(27)18-10-21(26-15(2)25-18)23-11-17-6-7-19-20(9-17)29-13-28-19/h3-10H,11-13H2,1-2H3,(H,24,27)(H,23,25,26). The van der Waals surface area contributed by atoms with Crippen LogP contribution in [0.4, 0.5) is 5.82 Å². The Morgan fingerprint density at radius 2 is 1.79 bits per heavy atom. The number of rotatable bonds is 6. The van der Waals surface area contributed by atoms with E-state index in [-0.39, 0.29) is 12.7 Å². The number of ether oxygens (including phenoxy) is 2. The van der Waals surface area contributed by atoms with E-state index < -0.39 is 0 Å². The lowest BCUT2D eigenvalue weighted by atomic mass is 10.1. The SMILES string of the molecule is Cc1cccc(CNC(=O)c2cc(NCc3ccc4c(c3)OCO4)nc(C)n2)c1. The maximum absolute atomic E-state index is 12.5. The third-order valence-corrected chi connectivity index (χ3v) is 4.52. The fraction of sp³-hybridized carbons (Fsp3) is 0.227. The Hall–Kier alpha value is -3.61. The number of carbonyl (C=O) groups excluding carboxylic acids is 1. The van der Waals surface area contributed by atoms with Gasteiger partial charge in [0.25, 0.3) is 5.91 Å². The van der Waals surface area contributed by atoms with E-state index in [2.05, 4.69) is 20.6 Å². The minimum Gasteiger partial charge on any atom is -0.454 e. The normalized spacial score (nSPS) is 11.9. The second-order valence-electron chi connectivity index (χ2n) is 6.90. The van der Waals surface area contributed by atoms with Gasteiger partial charge in [-0.1, -0.05) is 35.9 Å². The molecule has 7 nitrogen and oxygen atoms in total. The first-order chi connectivity index (χ1) is 14.1. The van der Waals surface area contributed by atoms with Crippen LogP contribution in [-0.4, -0.2) is 22.7 Å². The van der Waals surface area contributed by atoms with Crippen molar-refractivity contribution in [2.45, 2.75) is 26.9 Å². The minimum atomic E-state index is -0.233. The Kier molecular flexibility index (Phi) is 5.29. The quantitative estimate of drug-likeness (QED) is 0.671. The number of anilines is 1. The first-order valence-electron chi connectivity index (χ1n) is 9.39. The van der Waals surface area contributed by atoms with Gasteiger partial charge >= 0.3 is 0 Å². The van der Waals surface area contributed by atoms with Crippen molar-refractivity contribution in [3.63, 3.8) is 0 Å². The number of nitrogens with one attached hydrogen (secondary N) is 2. The molecule has 1 aromatic heterocycles. The Morgan fingerprint density at radius 3 is 2.66 bits per heavy atom. The van der Waals surface area contributed by atoms with Crippen LogP contribution >= 0.6 is 0 Å². The molecule has 0 atom stereocenters. The van der Waals surface area contributed by atoms with E-state index >= 15 is 0 Å². The highest BCUT2D eigenvalue weighted by Crippen LogP contribution is 2.32. The van der Waals surface area contributed by atoms with Gasteiger partial charge in [-0.25, -0.2) is 9.97 Å². The van der Waals surface area contributed by atoms with Crippen LogP contribution in [0.1, 0.15) is 33.0 Å². The first kappa shape index (κ1) is 18.7. The molecule has 1 aliphatic heterocycles. The van der Waals surface area contributed by atoms with Gasteiger partial charge < -0.3 is 20.1 Å². The number of hydrogen-bond donors (Lipinski definition) is 2. The molecule has 29 heavy (non-hydrogen) atoms. The molecule has 1 amide bonds. The minimum absolute atomic E-state index is 0.233. The molecule has 7 heteroatoms. The number of nitrogens with zero attached hydrogens (tertiary/aromatic N) is 2. The molecule has 2 heterocycles. The van der Waals surface area contributed by atoms with E-state index in [9.17, 15) is 4.79 Å². The molecule has 3 aromatic rings. The number of aromatic nitrogens is 2. The molecule has 0 bridgehead atoms. The highest BCUT2D eigenvalue weighted by molar-refractivity contribution is 5.92. The van der Waals surface area contributed by atoms with Crippen molar-refractivity contribution in [1.82, 2.24) is 15.3 Å². The summed E-state index contributed by atoms with van der Waals surface area (Å²) < 4.78 is 10.7. The van der Waals surface area contributed by atoms with Crippen LogP contribution in [0.25, 0.3) is 0 Å². The summed E-state index contributed by atoms with van der Waals surface area (Å²) in [6, 6.07) is 15.5. The lowest BCUT2D eigenvalue weighted by molar-refractivity contribution is 0.0945. The van der Waals surface area contributed by atoms with E-state index in [0.29, 0.717) is 30.4 Å². The van der Waals surface area contributed by atoms with Crippen molar-refractivity contribution in [1.29, 1.82) is 0 Å². The number of fused-ring (bicyclic) bond motifs is 1. The third-order valence-electron chi connectivity index (χ3n) is 4.52. The van der Waals surface area contributed by atoms with Gasteiger partial charge in [-0.3, -0.25) is 4.79 Å². The second kappa shape index (κ2) is 8.18. The summed E-state index contributed by atoms with van der Waals surface area (Å²) in [5, 5.41) is 6.15. The summed E-state index contributed by atoms with van der Waals surface area (Å²) >= 11 is 0. The molecule has 2 N–H and O–H groups in total. The Balaban J connectivity index is 1.41. The average molecular weight is 390 g/mol. The van der Waals surface area contributed by atoms with E-state index in [1.54, 1.807) is 13.0 Å². The summed E-state index contributed by atoms with van der Waals surface area (Å²) in [5.74, 6) is 2.37. The van der Waals surface area contributed by atoms with Gasteiger partial charge in [-0.15, -0.1) is 0 Å². The van der Waals surface area contributed by atoms with Gasteiger partial charge in [0.1, 0.15) is 17.3 Å². The average Bonchev–Trinajstić information content (AvgIpc) is 3.18. The van der Waals surface area contributed by atoms with Gasteiger partial charge in [0, 0.05) is 19.2 Å². The Bertz CT molecular complexity index is 1050. The van der Waals surface area contributed by atoms with Crippen LogP contribution in [0.2, 0.25) is 0 Å². The Morgan fingerprint density at radius 1 is 0.966 bits per heavy atom. The van der Waals surface area contributed by atoms with E-state index in [1.165, 1.54) is 0 Å². The van der Waals surface area contributed by atoms with E-state index in [1.807, 2.05) is 49.4 Å². The number of hydrogen-bond acceptors (Lipinski definition) is 6. The molecule has 0 radical (unpaired) electrons. The van der Waals surface area contributed by atoms with Crippen LogP contribution in [-0.2, 0) is 13.1 Å². The van der Waals surface area contributed by atoms with Gasteiger partial charge in [0.15, 0.2) is 11.5 Å². The lowest BCUT2D eigenvalue weighted by Gasteiger charge is -2.10. The number of carbonyl (C=O) groups is 1. The largest absolute Gasteiger partial charge is 0.454 e. The van der Waals surface area contributed by atoms with Crippen molar-refractivity contribution in [2.24, 2.45) is 0 Å². The molecule has 0 unspecified atom stereocenters. The Labute approximate surface area is 169 Å². The predicted molar refractivity (Wildman–Crippen MR) is 109 cm³/mol. The van der Waals surface area contributed by atoms with Crippen molar-refractivity contribution >= 4 is 11.7 Å². The summed E-state index contributed by atoms with van der Waals surface area (Å²) in [4.78, 5) is 21.2. The van der Waals surface area contributed by atoms with Crippen molar-refractivity contribution in [3.05, 3.63) is 76.7 Å². The van der Waals surface area contributed by atoms with Crippen molar-refractivity contribution in [3.8, 4) is 11.5 Å². The molecule has 0 saturated carbocycles. The fourth-order valence-corrected chi connectivity index (χ4v) is 3.11. The number of aryl methyl sites for hydroxylation is 2. The molecular weight excluding hydrogens is 368 g/mol. The topological polar surface area (TPSA) is 85.4 Å². The smallest absolute Gasteiger partial charge is 0.270 e. The highest BCUT2D eigenvalue weighted by Gasteiger charge is 2.14. The van der Waals surface area contributed by atoms with Crippen LogP contribution in [0.5, 0.6) is 11.5 Å². The maximum atomic E-state index is 12.5. The van der Waals surface area contributed by atoms with Crippen LogP contribution in [0.3, 0.4) is 0 Å². The lowest BCUT2D eigenvalue weighted by Crippen LogP contribution is -2.24. The zero-order valence-electron chi connectivity index (χ0n) is 16.4. The molecule has 0 saturated heterocycles. The van der Waals surface area contributed by atoms with Gasteiger partial charge in [0.2, 0.25) is 6.79 Å². The second-order valence-corrected chi connectivity index (χ2v) is 6.90. The van der Waals surface area contributed by atoms with Crippen molar-refractivity contribution in [2.75, 3.05) is 12.1 Å². The third kappa shape index (κ3) is 4.63. The summed E-state index contributed by atoms with van der Waals surface area (Å²) in [6.07, 6.45) is 0. The predicted octanol–water partition coefficient (Wildman–Crippen LogP) is 3.36. The zero-order valence-corrected chi connectivity index (χ0v) is 16.4. The van der Waals surface area contributed by atoms with Crippen LogP contribution in [0.15, 0.2) is 48.5 Å². The van der Waals surface area contributed by atoms with E-state index in [0.717, 1.165) is 28.2 Å². The van der Waals surface area contributed by atoms with Gasteiger partial charge in [-0.05, 0) is 37.1 Å². The monoisotopic (exact) mass is 390 g/mol. The molecule has 0 spiro atoms. The molecule has 0 fully saturated rings. The van der Waals surface area contributed by atoms with Gasteiger partial charge in [0.05, 0.1) is 0 Å². The molecule has 4 rings (SSSR count).